The molecule has 27 heavy (non-hydrogen) atoms. The summed E-state index contributed by atoms with van der Waals surface area (Å²) >= 11 is 0. The van der Waals surface area contributed by atoms with E-state index in [2.05, 4.69) is 29.2 Å². The largest absolute Gasteiger partial charge is 0.491 e. The zero-order valence-corrected chi connectivity index (χ0v) is 15.2. The summed E-state index contributed by atoms with van der Waals surface area (Å²) in [5, 5.41) is 17.8. The third kappa shape index (κ3) is 5.20. The van der Waals surface area contributed by atoms with Gasteiger partial charge in [-0.25, -0.2) is 0 Å². The van der Waals surface area contributed by atoms with Gasteiger partial charge in [-0.05, 0) is 48.9 Å². The van der Waals surface area contributed by atoms with Crippen molar-refractivity contribution in [2.24, 2.45) is 0 Å². The third-order valence-corrected chi connectivity index (χ3v) is 4.19. The van der Waals surface area contributed by atoms with Crippen LogP contribution < -0.4 is 9.64 Å². The zero-order chi connectivity index (χ0) is 18.9. The number of rotatable bonds is 9. The van der Waals surface area contributed by atoms with Crippen LogP contribution in [0.5, 0.6) is 5.75 Å². The Morgan fingerprint density at radius 3 is 2.22 bits per heavy atom. The molecule has 0 aromatic heterocycles. The number of para-hydroxylation sites is 1. The average Bonchev–Trinajstić information content (AvgIpc) is 2.73. The first-order valence-corrected chi connectivity index (χ1v) is 9.11. The van der Waals surface area contributed by atoms with Crippen LogP contribution in [0.2, 0.25) is 0 Å². The lowest BCUT2D eigenvalue weighted by atomic mass is 10.1. The predicted molar refractivity (Wildman–Crippen MR) is 106 cm³/mol. The van der Waals surface area contributed by atoms with Gasteiger partial charge < -0.3 is 24.6 Å². The van der Waals surface area contributed by atoms with Crippen molar-refractivity contribution in [1.29, 1.82) is 0 Å². The van der Waals surface area contributed by atoms with E-state index in [9.17, 15) is 0 Å². The van der Waals surface area contributed by atoms with E-state index in [1.165, 1.54) is 0 Å². The Hall–Kier alpha value is -2.60. The molecule has 5 nitrogen and oxygen atoms in total. The topological polar surface area (TPSA) is 62.2 Å². The predicted octanol–water partition coefficient (Wildman–Crippen LogP) is 3.42. The van der Waals surface area contributed by atoms with Crippen LogP contribution in [0.25, 0.3) is 0 Å². The van der Waals surface area contributed by atoms with E-state index < -0.39 is 0 Å². The number of ether oxygens (including phenoxy) is 2. The molecular formula is C22H25NO4. The number of benzene rings is 2. The van der Waals surface area contributed by atoms with E-state index >= 15 is 0 Å². The second-order valence-electron chi connectivity index (χ2n) is 6.09. The highest BCUT2D eigenvalue weighted by atomic mass is 16.5. The summed E-state index contributed by atoms with van der Waals surface area (Å²) in [6.45, 7) is 0.650. The average molecular weight is 367 g/mol. The van der Waals surface area contributed by atoms with Gasteiger partial charge in [0.2, 0.25) is 0 Å². The van der Waals surface area contributed by atoms with Crippen LogP contribution in [-0.2, 0) is 4.74 Å². The molecule has 2 aromatic carbocycles. The van der Waals surface area contributed by atoms with Gasteiger partial charge in [0.15, 0.2) is 0 Å². The number of anilines is 2. The molecule has 0 amide bonds. The second kappa shape index (κ2) is 9.92. The Balaban J connectivity index is 1.83. The Morgan fingerprint density at radius 1 is 0.889 bits per heavy atom. The second-order valence-corrected chi connectivity index (χ2v) is 6.09. The number of hydrogen-bond acceptors (Lipinski definition) is 5. The first-order valence-electron chi connectivity index (χ1n) is 9.11. The van der Waals surface area contributed by atoms with Gasteiger partial charge >= 0.3 is 0 Å². The Morgan fingerprint density at radius 2 is 1.59 bits per heavy atom. The van der Waals surface area contributed by atoms with Gasteiger partial charge in [-0.2, -0.15) is 0 Å². The monoisotopic (exact) mass is 367 g/mol. The molecule has 0 aliphatic heterocycles. The number of hydrogen-bond donors (Lipinski definition) is 2. The van der Waals surface area contributed by atoms with Crippen molar-refractivity contribution < 1.29 is 19.7 Å². The number of aliphatic hydroxyl groups is 2. The maximum Gasteiger partial charge on any atom is 0.119 e. The molecule has 2 aromatic rings. The summed E-state index contributed by atoms with van der Waals surface area (Å²) in [6.07, 6.45) is 6.97. The van der Waals surface area contributed by atoms with Crippen molar-refractivity contribution in [1.82, 2.24) is 0 Å². The molecule has 1 atom stereocenters. The fourth-order valence-electron chi connectivity index (χ4n) is 2.96. The molecule has 0 bridgehead atoms. The lowest BCUT2D eigenvalue weighted by Gasteiger charge is -2.29. The highest BCUT2D eigenvalue weighted by molar-refractivity contribution is 5.70. The van der Waals surface area contributed by atoms with E-state index in [-0.39, 0.29) is 25.9 Å². The van der Waals surface area contributed by atoms with Crippen LogP contribution in [0.15, 0.2) is 78.5 Å². The van der Waals surface area contributed by atoms with Crippen LogP contribution in [-0.4, -0.2) is 42.7 Å². The van der Waals surface area contributed by atoms with Crippen LogP contribution in [0.4, 0.5) is 11.4 Å². The molecule has 1 aliphatic rings. The van der Waals surface area contributed by atoms with E-state index in [0.29, 0.717) is 6.61 Å². The van der Waals surface area contributed by atoms with E-state index in [0.717, 1.165) is 29.2 Å². The van der Waals surface area contributed by atoms with Crippen LogP contribution in [0, 0.1) is 0 Å². The smallest absolute Gasteiger partial charge is 0.119 e. The lowest BCUT2D eigenvalue weighted by molar-refractivity contribution is 0.0555. The fraction of sp³-hybridized carbons (Fsp3) is 0.273. The highest BCUT2D eigenvalue weighted by Gasteiger charge is 2.17. The van der Waals surface area contributed by atoms with Crippen LogP contribution in [0.1, 0.15) is 6.42 Å². The summed E-state index contributed by atoms with van der Waals surface area (Å²) in [4.78, 5) is 2.18. The van der Waals surface area contributed by atoms with Gasteiger partial charge in [0.05, 0.1) is 25.9 Å². The van der Waals surface area contributed by atoms with E-state index in [1.807, 2.05) is 48.5 Å². The highest BCUT2D eigenvalue weighted by Crippen LogP contribution is 2.33. The molecule has 0 heterocycles. The minimum atomic E-state index is -0.00668. The summed E-state index contributed by atoms with van der Waals surface area (Å²) in [6, 6.07) is 18.0. The van der Waals surface area contributed by atoms with Gasteiger partial charge in [0.25, 0.3) is 0 Å². The van der Waals surface area contributed by atoms with Gasteiger partial charge in [-0.3, -0.25) is 0 Å². The molecule has 142 valence electrons. The molecule has 3 rings (SSSR count). The normalized spacial score (nSPS) is 16.1. The first kappa shape index (κ1) is 19.2. The maximum atomic E-state index is 8.91. The number of allylic oxidation sites excluding steroid dienone is 1. The SMILES string of the molecule is OCCOc1ccc(N(C2=CCC(OCCO)C=C2)c2ccccc2)cc1. The van der Waals surface area contributed by atoms with Crippen molar-refractivity contribution in [2.75, 3.05) is 31.3 Å². The minimum absolute atomic E-state index is 0.00487. The fourth-order valence-corrected chi connectivity index (χ4v) is 2.96. The number of aliphatic hydroxyl groups excluding tert-OH is 2. The van der Waals surface area contributed by atoms with Gasteiger partial charge in [0.1, 0.15) is 12.4 Å². The molecule has 1 unspecified atom stereocenters. The standard InChI is InChI=1S/C22H25NO4/c24-14-16-26-21-10-6-19(7-11-21)23(18-4-2-1-3-5-18)20-8-12-22(13-9-20)27-17-15-25/h1-12,22,24-25H,13-17H2. The maximum absolute atomic E-state index is 8.91. The third-order valence-electron chi connectivity index (χ3n) is 4.19. The summed E-state index contributed by atoms with van der Waals surface area (Å²) in [5.41, 5.74) is 3.14. The minimum Gasteiger partial charge on any atom is -0.491 e. The molecule has 1 aliphatic carbocycles. The molecule has 2 N–H and O–H groups in total. The molecule has 5 heteroatoms. The van der Waals surface area contributed by atoms with Crippen LogP contribution >= 0.6 is 0 Å². The first-order chi connectivity index (χ1) is 13.3. The summed E-state index contributed by atoms with van der Waals surface area (Å²) in [7, 11) is 0. The Bertz CT molecular complexity index is 756. The van der Waals surface area contributed by atoms with Crippen LogP contribution in [0.3, 0.4) is 0 Å². The van der Waals surface area contributed by atoms with Gasteiger partial charge in [-0.15, -0.1) is 0 Å². The molecule has 0 saturated heterocycles. The summed E-state index contributed by atoms with van der Waals surface area (Å²) < 4.78 is 11.0. The molecule has 0 spiro atoms. The number of nitrogens with zero attached hydrogens (tertiary/aromatic N) is 1. The van der Waals surface area contributed by atoms with E-state index in [1.54, 1.807) is 0 Å². The molecule has 0 radical (unpaired) electrons. The van der Waals surface area contributed by atoms with E-state index in [4.69, 9.17) is 19.7 Å². The lowest BCUT2D eigenvalue weighted by Crippen LogP contribution is -2.20. The van der Waals surface area contributed by atoms with Gasteiger partial charge in [-0.1, -0.05) is 30.4 Å². The summed E-state index contributed by atoms with van der Waals surface area (Å²) in [5.74, 6) is 0.728. The van der Waals surface area contributed by atoms with Crippen molar-refractivity contribution >= 4 is 11.4 Å². The van der Waals surface area contributed by atoms with Crippen molar-refractivity contribution in [2.45, 2.75) is 12.5 Å². The zero-order valence-electron chi connectivity index (χ0n) is 15.2. The quantitative estimate of drug-likeness (QED) is 0.711. The Kier molecular flexibility index (Phi) is 7.04. The Labute approximate surface area is 159 Å². The molecule has 0 saturated carbocycles. The molecular weight excluding hydrogens is 342 g/mol. The van der Waals surface area contributed by atoms with Gasteiger partial charge in [0, 0.05) is 17.1 Å². The van der Waals surface area contributed by atoms with Crippen molar-refractivity contribution in [3.63, 3.8) is 0 Å². The van der Waals surface area contributed by atoms with Crippen molar-refractivity contribution in [3.05, 3.63) is 78.5 Å². The molecule has 0 fully saturated rings. The van der Waals surface area contributed by atoms with Crippen molar-refractivity contribution in [3.8, 4) is 5.75 Å².